The smallest absolute Gasteiger partial charge is 0.337 e. The van der Waals surface area contributed by atoms with Crippen LogP contribution < -0.4 is 9.80 Å². The molecule has 0 saturated heterocycles. The van der Waals surface area contributed by atoms with E-state index in [9.17, 15) is 4.79 Å². The molecule has 0 radical (unpaired) electrons. The first-order valence-electron chi connectivity index (χ1n) is 6.68. The summed E-state index contributed by atoms with van der Waals surface area (Å²) in [6.45, 7) is 1.73. The predicted molar refractivity (Wildman–Crippen MR) is 85.1 cm³/mol. The lowest BCUT2D eigenvalue weighted by molar-refractivity contribution is 0.0697. The van der Waals surface area contributed by atoms with E-state index in [1.807, 2.05) is 12.1 Å². The number of benzene rings is 2. The minimum Gasteiger partial charge on any atom is -0.478 e. The highest BCUT2D eigenvalue weighted by Crippen LogP contribution is 2.37. The first-order chi connectivity index (χ1) is 10.1. The van der Waals surface area contributed by atoms with E-state index >= 15 is 0 Å². The van der Waals surface area contributed by atoms with Gasteiger partial charge in [0.05, 0.1) is 22.0 Å². The molecule has 108 valence electrons. The fraction of sp³-hybridized carbons (Fsp3) is 0.188. The van der Waals surface area contributed by atoms with E-state index in [1.54, 1.807) is 18.2 Å². The lowest BCUT2D eigenvalue weighted by Gasteiger charge is -2.37. The second kappa shape index (κ2) is 5.30. The van der Waals surface area contributed by atoms with Gasteiger partial charge >= 0.3 is 5.97 Å². The minimum absolute atomic E-state index is 0.128. The van der Waals surface area contributed by atoms with Gasteiger partial charge in [0, 0.05) is 25.8 Å². The van der Waals surface area contributed by atoms with Crippen molar-refractivity contribution < 1.29 is 9.90 Å². The fourth-order valence-electron chi connectivity index (χ4n) is 2.62. The Morgan fingerprint density at radius 3 is 2.52 bits per heavy atom. The Labute approximate surface area is 128 Å². The zero-order valence-electron chi connectivity index (χ0n) is 11.6. The predicted octanol–water partition coefficient (Wildman–Crippen LogP) is 3.63. The van der Waals surface area contributed by atoms with Gasteiger partial charge < -0.3 is 14.9 Å². The zero-order valence-corrected chi connectivity index (χ0v) is 12.3. The summed E-state index contributed by atoms with van der Waals surface area (Å²) in [4.78, 5) is 15.4. The van der Waals surface area contributed by atoms with Crippen molar-refractivity contribution in [2.45, 2.75) is 0 Å². The number of hydrogen-bond donors (Lipinski definition) is 1. The van der Waals surface area contributed by atoms with Crippen molar-refractivity contribution >= 4 is 34.6 Å². The van der Waals surface area contributed by atoms with Gasteiger partial charge in [-0.1, -0.05) is 23.7 Å². The highest BCUT2D eigenvalue weighted by Gasteiger charge is 2.22. The summed E-state index contributed by atoms with van der Waals surface area (Å²) in [5, 5.41) is 9.32. The van der Waals surface area contributed by atoms with Crippen molar-refractivity contribution in [2.75, 3.05) is 29.9 Å². The third-order valence-corrected chi connectivity index (χ3v) is 4.05. The zero-order chi connectivity index (χ0) is 15.0. The largest absolute Gasteiger partial charge is 0.478 e. The molecule has 0 bridgehead atoms. The van der Waals surface area contributed by atoms with Gasteiger partial charge in [0.25, 0.3) is 0 Å². The molecule has 1 N–H and O–H groups in total. The maximum absolute atomic E-state index is 11.0. The highest BCUT2D eigenvalue weighted by molar-refractivity contribution is 6.33. The summed E-state index contributed by atoms with van der Waals surface area (Å²) in [5.74, 6) is -1.01. The standard InChI is InChI=1S/C16H15ClN2O2/c1-18-8-9-19(15-5-3-2-4-14(15)18)11-6-7-12(16(20)21)13(17)10-11/h2-7,10H,8-9H2,1H3,(H,20,21). The van der Waals surface area contributed by atoms with Crippen molar-refractivity contribution in [3.63, 3.8) is 0 Å². The molecule has 0 aliphatic carbocycles. The number of fused-ring (bicyclic) bond motifs is 1. The number of carboxylic acids is 1. The molecule has 0 atom stereocenters. The average molecular weight is 303 g/mol. The summed E-state index contributed by atoms with van der Waals surface area (Å²) >= 11 is 6.08. The van der Waals surface area contributed by atoms with Gasteiger partial charge in [-0.2, -0.15) is 0 Å². The lowest BCUT2D eigenvalue weighted by Crippen LogP contribution is -2.36. The maximum atomic E-state index is 11.0. The quantitative estimate of drug-likeness (QED) is 0.920. The Hall–Kier alpha value is -2.20. The van der Waals surface area contributed by atoms with Crippen LogP contribution >= 0.6 is 11.6 Å². The number of hydrogen-bond acceptors (Lipinski definition) is 3. The second-order valence-corrected chi connectivity index (χ2v) is 5.44. The molecule has 0 saturated carbocycles. The number of anilines is 3. The number of carbonyl (C=O) groups is 1. The van der Waals surface area contributed by atoms with Gasteiger partial charge in [0.2, 0.25) is 0 Å². The molecule has 3 rings (SSSR count). The molecule has 0 aromatic heterocycles. The number of carboxylic acid groups (broad SMARTS) is 1. The van der Waals surface area contributed by atoms with Crippen LogP contribution in [0.1, 0.15) is 10.4 Å². The maximum Gasteiger partial charge on any atom is 0.337 e. The molecule has 0 amide bonds. The summed E-state index contributed by atoms with van der Waals surface area (Å²) in [5.41, 5.74) is 3.29. The van der Waals surface area contributed by atoms with Crippen LogP contribution in [0.15, 0.2) is 42.5 Å². The molecule has 0 fully saturated rings. The summed E-state index contributed by atoms with van der Waals surface area (Å²) in [6, 6.07) is 13.2. The van der Waals surface area contributed by atoms with E-state index < -0.39 is 5.97 Å². The molecular formula is C16H15ClN2O2. The van der Waals surface area contributed by atoms with Gasteiger partial charge in [-0.15, -0.1) is 0 Å². The Kier molecular flexibility index (Phi) is 3.47. The van der Waals surface area contributed by atoms with Gasteiger partial charge in [0.15, 0.2) is 0 Å². The van der Waals surface area contributed by atoms with Crippen LogP contribution in [0, 0.1) is 0 Å². The molecule has 4 nitrogen and oxygen atoms in total. The molecule has 2 aromatic carbocycles. The van der Waals surface area contributed by atoms with E-state index in [1.165, 1.54) is 0 Å². The van der Waals surface area contributed by atoms with E-state index in [-0.39, 0.29) is 10.6 Å². The average Bonchev–Trinajstić information content (AvgIpc) is 2.47. The van der Waals surface area contributed by atoms with Crippen molar-refractivity contribution in [1.29, 1.82) is 0 Å². The topological polar surface area (TPSA) is 43.8 Å². The van der Waals surface area contributed by atoms with Gasteiger partial charge in [-0.3, -0.25) is 0 Å². The van der Waals surface area contributed by atoms with Crippen LogP contribution in [0.4, 0.5) is 17.1 Å². The van der Waals surface area contributed by atoms with Crippen LogP contribution in [0.5, 0.6) is 0 Å². The first kappa shape index (κ1) is 13.8. The summed E-state index contributed by atoms with van der Waals surface area (Å²) in [7, 11) is 2.07. The summed E-state index contributed by atoms with van der Waals surface area (Å²) in [6.07, 6.45) is 0. The van der Waals surface area contributed by atoms with Crippen LogP contribution in [0.3, 0.4) is 0 Å². The number of rotatable bonds is 2. The minimum atomic E-state index is -1.01. The summed E-state index contributed by atoms with van der Waals surface area (Å²) < 4.78 is 0. The third-order valence-electron chi connectivity index (χ3n) is 3.74. The van der Waals surface area contributed by atoms with Crippen LogP contribution in [0.25, 0.3) is 0 Å². The van der Waals surface area contributed by atoms with E-state index in [0.717, 1.165) is 30.2 Å². The van der Waals surface area contributed by atoms with Crippen molar-refractivity contribution in [3.05, 3.63) is 53.1 Å². The van der Waals surface area contributed by atoms with Crippen LogP contribution in [-0.2, 0) is 0 Å². The number of aromatic carboxylic acids is 1. The van der Waals surface area contributed by atoms with Crippen LogP contribution in [-0.4, -0.2) is 31.2 Å². The fourth-order valence-corrected chi connectivity index (χ4v) is 2.88. The molecule has 0 spiro atoms. The Morgan fingerprint density at radius 1 is 1.14 bits per heavy atom. The van der Waals surface area contributed by atoms with Gasteiger partial charge in [0.1, 0.15) is 0 Å². The molecule has 1 heterocycles. The van der Waals surface area contributed by atoms with Gasteiger partial charge in [-0.25, -0.2) is 4.79 Å². The SMILES string of the molecule is CN1CCN(c2ccc(C(=O)O)c(Cl)c2)c2ccccc21. The molecule has 0 unspecified atom stereocenters. The number of likely N-dealkylation sites (N-methyl/N-ethyl adjacent to an activating group) is 1. The first-order valence-corrected chi connectivity index (χ1v) is 7.06. The Morgan fingerprint density at radius 2 is 1.86 bits per heavy atom. The van der Waals surface area contributed by atoms with Crippen LogP contribution in [0.2, 0.25) is 5.02 Å². The number of nitrogens with zero attached hydrogens (tertiary/aromatic N) is 2. The third kappa shape index (κ3) is 2.43. The van der Waals surface area contributed by atoms with E-state index in [2.05, 4.69) is 29.0 Å². The molecule has 1 aliphatic heterocycles. The Balaban J connectivity index is 2.04. The van der Waals surface area contributed by atoms with Crippen molar-refractivity contribution in [2.24, 2.45) is 0 Å². The number of halogens is 1. The van der Waals surface area contributed by atoms with E-state index in [4.69, 9.17) is 16.7 Å². The molecular weight excluding hydrogens is 288 g/mol. The highest BCUT2D eigenvalue weighted by atomic mass is 35.5. The molecule has 21 heavy (non-hydrogen) atoms. The molecule has 5 heteroatoms. The monoisotopic (exact) mass is 302 g/mol. The lowest BCUT2D eigenvalue weighted by atomic mass is 10.1. The molecule has 1 aliphatic rings. The second-order valence-electron chi connectivity index (χ2n) is 5.03. The normalized spacial score (nSPS) is 14.0. The van der Waals surface area contributed by atoms with Crippen molar-refractivity contribution in [3.8, 4) is 0 Å². The van der Waals surface area contributed by atoms with Crippen molar-refractivity contribution in [1.82, 2.24) is 0 Å². The Bertz CT molecular complexity index is 702. The van der Waals surface area contributed by atoms with Gasteiger partial charge in [-0.05, 0) is 30.3 Å². The van der Waals surface area contributed by atoms with E-state index in [0.29, 0.717) is 0 Å². The number of para-hydroxylation sites is 2. The molecule has 2 aromatic rings.